The zero-order chi connectivity index (χ0) is 22.1. The number of hydrogen-bond acceptors (Lipinski definition) is 5. The molecule has 0 aliphatic carbocycles. The number of esters is 2. The second kappa shape index (κ2) is 8.31. The van der Waals surface area contributed by atoms with Gasteiger partial charge in [0, 0.05) is 10.0 Å². The summed E-state index contributed by atoms with van der Waals surface area (Å²) in [7, 11) is 2.21. The minimum atomic E-state index is -4.63. The number of para-hydroxylation sites is 1. The number of aromatic nitrogens is 2. The van der Waals surface area contributed by atoms with Crippen LogP contribution in [0.25, 0.3) is 16.9 Å². The molecule has 1 aromatic heterocycles. The van der Waals surface area contributed by atoms with Crippen molar-refractivity contribution in [1.82, 2.24) is 9.78 Å². The number of methoxy groups -OCH3 is 2. The van der Waals surface area contributed by atoms with E-state index in [0.29, 0.717) is 5.69 Å². The first kappa shape index (κ1) is 21.6. The number of hydrogen-bond donors (Lipinski definition) is 0. The van der Waals surface area contributed by atoms with Crippen molar-refractivity contribution in [2.24, 2.45) is 0 Å². The van der Waals surface area contributed by atoms with E-state index < -0.39 is 23.7 Å². The Bertz CT molecular complexity index is 1110. The lowest BCUT2D eigenvalue weighted by atomic mass is 10.0. The summed E-state index contributed by atoms with van der Waals surface area (Å²) in [5.74, 6) is -1.84. The number of halogens is 4. The van der Waals surface area contributed by atoms with E-state index in [0.717, 1.165) is 31.0 Å². The second-order valence-electron chi connectivity index (χ2n) is 6.03. The third-order valence-corrected chi connectivity index (χ3v) is 4.61. The fourth-order valence-corrected chi connectivity index (χ4v) is 3.34. The Morgan fingerprint density at radius 2 is 1.63 bits per heavy atom. The molecular weight excluding hydrogens is 469 g/mol. The van der Waals surface area contributed by atoms with Gasteiger partial charge in [-0.3, -0.25) is 0 Å². The number of nitrogens with zero attached hydrogens (tertiary/aromatic N) is 2. The molecular formula is C20H14BrF3N2O4. The van der Waals surface area contributed by atoms with Crippen LogP contribution in [0.15, 0.2) is 53.0 Å². The summed E-state index contributed by atoms with van der Waals surface area (Å²) < 4.78 is 50.8. The largest absolute Gasteiger partial charge is 0.465 e. The molecule has 0 amide bonds. The van der Waals surface area contributed by atoms with Gasteiger partial charge >= 0.3 is 18.1 Å². The normalized spacial score (nSPS) is 11.3. The van der Waals surface area contributed by atoms with Crippen molar-refractivity contribution in [3.8, 4) is 16.9 Å². The van der Waals surface area contributed by atoms with Crippen LogP contribution in [-0.4, -0.2) is 35.9 Å². The molecule has 0 saturated carbocycles. The van der Waals surface area contributed by atoms with Gasteiger partial charge in [-0.2, -0.15) is 18.3 Å². The van der Waals surface area contributed by atoms with E-state index in [1.807, 2.05) is 0 Å². The molecule has 0 saturated heterocycles. The van der Waals surface area contributed by atoms with Crippen molar-refractivity contribution in [2.75, 3.05) is 14.2 Å². The third-order valence-electron chi connectivity index (χ3n) is 4.15. The van der Waals surface area contributed by atoms with Gasteiger partial charge in [-0.25, -0.2) is 14.3 Å². The Morgan fingerprint density at radius 1 is 1.00 bits per heavy atom. The summed E-state index contributed by atoms with van der Waals surface area (Å²) >= 11 is 3.05. The molecule has 0 unspecified atom stereocenters. The van der Waals surface area contributed by atoms with Crippen molar-refractivity contribution >= 4 is 27.9 Å². The van der Waals surface area contributed by atoms with Crippen LogP contribution in [0.4, 0.5) is 13.2 Å². The maximum atomic E-state index is 13.3. The van der Waals surface area contributed by atoms with E-state index in [-0.39, 0.29) is 27.0 Å². The lowest BCUT2D eigenvalue weighted by Crippen LogP contribution is -2.15. The molecule has 3 aromatic rings. The zero-order valence-electron chi connectivity index (χ0n) is 15.7. The van der Waals surface area contributed by atoms with Crippen LogP contribution < -0.4 is 0 Å². The molecule has 0 atom stereocenters. The lowest BCUT2D eigenvalue weighted by molar-refractivity contribution is -0.137. The molecule has 0 fully saturated rings. The summed E-state index contributed by atoms with van der Waals surface area (Å²) in [5, 5.41) is 4.28. The van der Waals surface area contributed by atoms with Crippen LogP contribution in [0.2, 0.25) is 0 Å². The van der Waals surface area contributed by atoms with Crippen LogP contribution in [0.1, 0.15) is 26.4 Å². The van der Waals surface area contributed by atoms with Crippen LogP contribution in [-0.2, 0) is 15.7 Å². The molecule has 0 N–H and O–H groups in total. The summed E-state index contributed by atoms with van der Waals surface area (Å²) in [6.45, 7) is 0. The van der Waals surface area contributed by atoms with E-state index in [1.165, 1.54) is 6.07 Å². The number of rotatable bonds is 4. The molecule has 0 bridgehead atoms. The lowest BCUT2D eigenvalue weighted by Gasteiger charge is -2.10. The van der Waals surface area contributed by atoms with Crippen LogP contribution in [0.5, 0.6) is 0 Å². The number of ether oxygens (including phenoxy) is 2. The Balaban J connectivity index is 2.38. The predicted octanol–water partition coefficient (Wildman–Crippen LogP) is 4.89. The Labute approximate surface area is 177 Å². The molecule has 10 heteroatoms. The Hall–Kier alpha value is -3.14. The fourth-order valence-electron chi connectivity index (χ4n) is 2.85. The average molecular weight is 483 g/mol. The third kappa shape index (κ3) is 4.09. The molecule has 6 nitrogen and oxygen atoms in total. The van der Waals surface area contributed by atoms with Crippen molar-refractivity contribution in [3.63, 3.8) is 0 Å². The minimum Gasteiger partial charge on any atom is -0.465 e. The molecule has 2 aromatic carbocycles. The van der Waals surface area contributed by atoms with Crippen LogP contribution >= 0.6 is 15.9 Å². The quantitative estimate of drug-likeness (QED) is 0.495. The fraction of sp³-hybridized carbons (Fsp3) is 0.150. The first-order valence-electron chi connectivity index (χ1n) is 8.40. The minimum absolute atomic E-state index is 0.0306. The van der Waals surface area contributed by atoms with Crippen molar-refractivity contribution in [2.45, 2.75) is 6.18 Å². The van der Waals surface area contributed by atoms with Crippen molar-refractivity contribution < 1.29 is 32.2 Å². The number of alkyl halides is 3. The zero-order valence-corrected chi connectivity index (χ0v) is 17.2. The summed E-state index contributed by atoms with van der Waals surface area (Å²) in [4.78, 5) is 25.0. The molecule has 1 heterocycles. The van der Waals surface area contributed by atoms with Crippen molar-refractivity contribution in [1.29, 1.82) is 0 Å². The molecule has 0 aliphatic rings. The van der Waals surface area contributed by atoms with E-state index in [1.54, 1.807) is 30.3 Å². The summed E-state index contributed by atoms with van der Waals surface area (Å²) in [5.41, 5.74) is -1.30. The molecule has 0 radical (unpaired) electrons. The van der Waals surface area contributed by atoms with Crippen LogP contribution in [0.3, 0.4) is 0 Å². The first-order chi connectivity index (χ1) is 14.2. The Kier molecular flexibility index (Phi) is 5.97. The summed E-state index contributed by atoms with van der Waals surface area (Å²) in [6.07, 6.45) is -4.63. The van der Waals surface area contributed by atoms with Gasteiger partial charge < -0.3 is 9.47 Å². The van der Waals surface area contributed by atoms with Gasteiger partial charge in [0.25, 0.3) is 0 Å². The number of carbonyl (C=O) groups excluding carboxylic acids is 2. The predicted molar refractivity (Wildman–Crippen MR) is 104 cm³/mol. The van der Waals surface area contributed by atoms with Crippen LogP contribution in [0, 0.1) is 0 Å². The SMILES string of the molecule is COC(=O)c1c(-c2cc(Br)cc(C(F)(F)F)c2)nn(-c2ccccc2)c1C(=O)OC. The van der Waals surface area contributed by atoms with E-state index in [2.05, 4.69) is 21.0 Å². The van der Waals surface area contributed by atoms with Gasteiger partial charge in [0.1, 0.15) is 11.3 Å². The van der Waals surface area contributed by atoms with Gasteiger partial charge in [-0.05, 0) is 30.3 Å². The van der Waals surface area contributed by atoms with Gasteiger partial charge in [-0.1, -0.05) is 34.1 Å². The van der Waals surface area contributed by atoms with E-state index in [4.69, 9.17) is 9.47 Å². The number of benzene rings is 2. The smallest absolute Gasteiger partial charge is 0.416 e. The van der Waals surface area contributed by atoms with Gasteiger partial charge in [0.15, 0.2) is 5.69 Å². The van der Waals surface area contributed by atoms with Gasteiger partial charge in [0.05, 0.1) is 25.5 Å². The molecule has 0 aliphatic heterocycles. The van der Waals surface area contributed by atoms with Crippen molar-refractivity contribution in [3.05, 3.63) is 69.8 Å². The molecule has 156 valence electrons. The highest BCUT2D eigenvalue weighted by Gasteiger charge is 2.34. The number of carbonyl (C=O) groups is 2. The topological polar surface area (TPSA) is 70.4 Å². The van der Waals surface area contributed by atoms with E-state index in [9.17, 15) is 22.8 Å². The maximum Gasteiger partial charge on any atom is 0.416 e. The van der Waals surface area contributed by atoms with E-state index >= 15 is 0 Å². The monoisotopic (exact) mass is 482 g/mol. The average Bonchev–Trinajstić information content (AvgIpc) is 3.13. The highest BCUT2D eigenvalue weighted by atomic mass is 79.9. The molecule has 0 spiro atoms. The Morgan fingerprint density at radius 3 is 2.20 bits per heavy atom. The first-order valence-corrected chi connectivity index (χ1v) is 9.20. The van der Waals surface area contributed by atoms with Gasteiger partial charge in [0.2, 0.25) is 0 Å². The maximum absolute atomic E-state index is 13.3. The molecule has 3 rings (SSSR count). The standard InChI is InChI=1S/C20H14BrF3N2O4/c1-29-18(27)15-16(11-8-12(20(22,23)24)10-13(21)9-11)25-26(17(15)19(28)30-2)14-6-4-3-5-7-14/h3-10H,1-2H3. The highest BCUT2D eigenvalue weighted by molar-refractivity contribution is 9.10. The highest BCUT2D eigenvalue weighted by Crippen LogP contribution is 2.36. The van der Waals surface area contributed by atoms with Gasteiger partial charge in [-0.15, -0.1) is 0 Å². The second-order valence-corrected chi connectivity index (χ2v) is 6.94. The summed E-state index contributed by atoms with van der Waals surface area (Å²) in [6, 6.07) is 11.4. The molecule has 30 heavy (non-hydrogen) atoms.